The Kier molecular flexibility index (Phi) is 4.92. The van der Waals surface area contributed by atoms with E-state index < -0.39 is 5.54 Å². The van der Waals surface area contributed by atoms with Crippen LogP contribution >= 0.6 is 0 Å². The lowest BCUT2D eigenvalue weighted by Gasteiger charge is -2.34. The molecule has 7 heteroatoms. The molecule has 1 atom stereocenters. The standard InChI is InChI=1S/C26H27N3O4/c1-25(2,3)14-31-17-8-10-22-20(13-17)26(15-32-24(27)29-26)19-12-16(7-9-21(19)33-22)18-6-5-11-28-23(18)30-4/h5-13H,14-15H2,1-4H3,(H2,27,29)/t26-/m0/s1. The van der Waals surface area contributed by atoms with Gasteiger partial charge in [0.25, 0.3) is 6.02 Å². The monoisotopic (exact) mass is 445 g/mol. The molecule has 2 N–H and O–H groups in total. The van der Waals surface area contributed by atoms with Gasteiger partial charge in [-0.15, -0.1) is 0 Å². The Morgan fingerprint density at radius 1 is 1.06 bits per heavy atom. The van der Waals surface area contributed by atoms with E-state index in [0.717, 1.165) is 28.0 Å². The Bertz CT molecular complexity index is 1250. The summed E-state index contributed by atoms with van der Waals surface area (Å²) >= 11 is 0. The predicted octanol–water partition coefficient (Wildman–Crippen LogP) is 4.88. The third kappa shape index (κ3) is 3.73. The van der Waals surface area contributed by atoms with E-state index in [9.17, 15) is 0 Å². The van der Waals surface area contributed by atoms with E-state index in [1.165, 1.54) is 0 Å². The topological polar surface area (TPSA) is 88.2 Å². The van der Waals surface area contributed by atoms with Gasteiger partial charge in [-0.2, -0.15) is 0 Å². The number of hydrogen-bond acceptors (Lipinski definition) is 7. The molecule has 2 aliphatic rings. The summed E-state index contributed by atoms with van der Waals surface area (Å²) in [6, 6.07) is 15.8. The molecule has 33 heavy (non-hydrogen) atoms. The summed E-state index contributed by atoms with van der Waals surface area (Å²) in [7, 11) is 1.61. The van der Waals surface area contributed by atoms with E-state index in [2.05, 4.69) is 25.8 Å². The molecule has 0 bridgehead atoms. The molecule has 170 valence electrons. The van der Waals surface area contributed by atoms with Crippen LogP contribution in [0.5, 0.6) is 23.1 Å². The summed E-state index contributed by atoms with van der Waals surface area (Å²) in [4.78, 5) is 9.11. The first kappa shape index (κ1) is 21.1. The minimum absolute atomic E-state index is 0.0351. The highest BCUT2D eigenvalue weighted by molar-refractivity contribution is 5.78. The molecule has 3 heterocycles. The summed E-state index contributed by atoms with van der Waals surface area (Å²) in [5, 5.41) is 0. The lowest BCUT2D eigenvalue weighted by molar-refractivity contribution is 0.197. The van der Waals surface area contributed by atoms with Crippen molar-refractivity contribution in [1.29, 1.82) is 0 Å². The molecule has 1 spiro atoms. The molecular formula is C26H27N3O4. The van der Waals surface area contributed by atoms with E-state index in [0.29, 0.717) is 24.0 Å². The third-order valence-corrected chi connectivity index (χ3v) is 5.72. The van der Waals surface area contributed by atoms with Gasteiger partial charge in [0, 0.05) is 22.9 Å². The SMILES string of the molecule is COc1ncccc1-c1ccc2c(c1)[C@@]1(COC(N)=N1)c1cc(OCC(C)(C)C)ccc1O2. The number of nitrogens with zero attached hydrogens (tertiary/aromatic N) is 2. The lowest BCUT2D eigenvalue weighted by Crippen LogP contribution is -2.31. The van der Waals surface area contributed by atoms with Crippen molar-refractivity contribution < 1.29 is 18.9 Å². The van der Waals surface area contributed by atoms with Crippen molar-refractivity contribution in [2.45, 2.75) is 26.3 Å². The Labute approximate surface area is 193 Å². The van der Waals surface area contributed by atoms with E-state index in [-0.39, 0.29) is 18.0 Å². The third-order valence-electron chi connectivity index (χ3n) is 5.72. The van der Waals surface area contributed by atoms with Crippen molar-refractivity contribution in [3.05, 3.63) is 65.9 Å². The molecule has 0 unspecified atom stereocenters. The molecule has 0 fully saturated rings. The van der Waals surface area contributed by atoms with E-state index >= 15 is 0 Å². The summed E-state index contributed by atoms with van der Waals surface area (Å²) in [6.07, 6.45) is 1.70. The summed E-state index contributed by atoms with van der Waals surface area (Å²) in [6.45, 7) is 7.27. The Balaban J connectivity index is 1.64. The summed E-state index contributed by atoms with van der Waals surface area (Å²) < 4.78 is 23.5. The maximum absolute atomic E-state index is 6.28. The van der Waals surface area contributed by atoms with Crippen LogP contribution < -0.4 is 19.9 Å². The number of rotatable bonds is 4. The first-order valence-electron chi connectivity index (χ1n) is 10.9. The number of ether oxygens (including phenoxy) is 4. The normalized spacial score (nSPS) is 18.6. The second kappa shape index (κ2) is 7.69. The van der Waals surface area contributed by atoms with Crippen LogP contribution in [0.25, 0.3) is 11.1 Å². The van der Waals surface area contributed by atoms with Gasteiger partial charge in [-0.3, -0.25) is 0 Å². The molecular weight excluding hydrogens is 418 g/mol. The van der Waals surface area contributed by atoms with Crippen molar-refractivity contribution in [2.75, 3.05) is 20.3 Å². The van der Waals surface area contributed by atoms with Gasteiger partial charge in [-0.1, -0.05) is 26.8 Å². The van der Waals surface area contributed by atoms with Crippen molar-refractivity contribution in [2.24, 2.45) is 16.1 Å². The van der Waals surface area contributed by atoms with Gasteiger partial charge in [0.1, 0.15) is 23.9 Å². The highest BCUT2D eigenvalue weighted by atomic mass is 16.5. The molecule has 7 nitrogen and oxygen atoms in total. The fourth-order valence-corrected chi connectivity index (χ4v) is 4.16. The molecule has 0 amide bonds. The second-order valence-electron chi connectivity index (χ2n) is 9.48. The fraction of sp³-hybridized carbons (Fsp3) is 0.308. The van der Waals surface area contributed by atoms with Gasteiger partial charge in [0.2, 0.25) is 5.88 Å². The predicted molar refractivity (Wildman–Crippen MR) is 126 cm³/mol. The number of nitrogens with two attached hydrogens (primary N) is 1. The van der Waals surface area contributed by atoms with Gasteiger partial charge < -0.3 is 24.7 Å². The molecule has 1 aromatic heterocycles. The van der Waals surface area contributed by atoms with Crippen molar-refractivity contribution in [3.63, 3.8) is 0 Å². The quantitative estimate of drug-likeness (QED) is 0.616. The van der Waals surface area contributed by atoms with E-state index in [1.807, 2.05) is 48.5 Å². The van der Waals surface area contributed by atoms with Crippen molar-refractivity contribution >= 4 is 6.02 Å². The number of hydrogen-bond donors (Lipinski definition) is 1. The van der Waals surface area contributed by atoms with Crippen LogP contribution in [0.2, 0.25) is 0 Å². The largest absolute Gasteiger partial charge is 0.493 e. The number of benzene rings is 2. The molecule has 0 aliphatic carbocycles. The Morgan fingerprint density at radius 3 is 2.52 bits per heavy atom. The molecule has 0 radical (unpaired) electrons. The smallest absolute Gasteiger partial charge is 0.283 e. The van der Waals surface area contributed by atoms with Crippen LogP contribution in [0.4, 0.5) is 0 Å². The highest BCUT2D eigenvalue weighted by Gasteiger charge is 2.47. The van der Waals surface area contributed by atoms with Gasteiger partial charge in [-0.25, -0.2) is 9.98 Å². The zero-order valence-corrected chi connectivity index (χ0v) is 19.2. The molecule has 0 saturated carbocycles. The number of aromatic nitrogens is 1. The van der Waals surface area contributed by atoms with Crippen molar-refractivity contribution in [3.8, 4) is 34.3 Å². The highest BCUT2D eigenvalue weighted by Crippen LogP contribution is 2.52. The fourth-order valence-electron chi connectivity index (χ4n) is 4.16. The molecule has 5 rings (SSSR count). The number of methoxy groups -OCH3 is 1. The first-order chi connectivity index (χ1) is 15.8. The number of fused-ring (bicyclic) bond motifs is 4. The zero-order chi connectivity index (χ0) is 23.2. The Hall–Kier alpha value is -3.74. The minimum atomic E-state index is -0.834. The molecule has 0 saturated heterocycles. The average molecular weight is 446 g/mol. The summed E-state index contributed by atoms with van der Waals surface area (Å²) in [5.74, 6) is 2.71. The maximum atomic E-state index is 6.28. The number of aliphatic imine (C=N–C) groups is 1. The lowest BCUT2D eigenvalue weighted by atomic mass is 9.80. The van der Waals surface area contributed by atoms with Gasteiger partial charge in [0.05, 0.1) is 13.7 Å². The summed E-state index contributed by atoms with van der Waals surface area (Å²) in [5.41, 5.74) is 8.77. The first-order valence-corrected chi connectivity index (χ1v) is 10.9. The second-order valence-corrected chi connectivity index (χ2v) is 9.48. The number of amidine groups is 1. The maximum Gasteiger partial charge on any atom is 0.283 e. The van der Waals surface area contributed by atoms with Crippen LogP contribution in [-0.4, -0.2) is 31.3 Å². The van der Waals surface area contributed by atoms with Crippen LogP contribution in [0.3, 0.4) is 0 Å². The minimum Gasteiger partial charge on any atom is -0.493 e. The Morgan fingerprint density at radius 2 is 1.82 bits per heavy atom. The molecule has 2 aromatic carbocycles. The van der Waals surface area contributed by atoms with E-state index in [1.54, 1.807) is 13.3 Å². The van der Waals surface area contributed by atoms with Crippen LogP contribution in [0.1, 0.15) is 31.9 Å². The average Bonchev–Trinajstić information content (AvgIpc) is 3.19. The molecule has 2 aliphatic heterocycles. The number of pyridine rings is 1. The van der Waals surface area contributed by atoms with E-state index in [4.69, 9.17) is 29.7 Å². The van der Waals surface area contributed by atoms with Crippen LogP contribution in [-0.2, 0) is 10.3 Å². The van der Waals surface area contributed by atoms with Crippen LogP contribution in [0, 0.1) is 5.41 Å². The van der Waals surface area contributed by atoms with Gasteiger partial charge in [-0.05, 0) is 53.4 Å². The van der Waals surface area contributed by atoms with Gasteiger partial charge in [0.15, 0.2) is 5.54 Å². The van der Waals surface area contributed by atoms with Crippen LogP contribution in [0.15, 0.2) is 59.7 Å². The zero-order valence-electron chi connectivity index (χ0n) is 19.2. The van der Waals surface area contributed by atoms with Gasteiger partial charge >= 0.3 is 0 Å². The molecule has 3 aromatic rings. The van der Waals surface area contributed by atoms with Crippen molar-refractivity contribution in [1.82, 2.24) is 4.98 Å².